The first kappa shape index (κ1) is 15.8. The molecule has 0 aromatic carbocycles. The number of aliphatic hydroxyl groups is 1. The number of urea groups is 1. The van der Waals surface area contributed by atoms with Crippen molar-refractivity contribution in [1.82, 2.24) is 10.2 Å². The van der Waals surface area contributed by atoms with Crippen LogP contribution in [0.2, 0.25) is 0 Å². The van der Waals surface area contributed by atoms with E-state index in [-0.39, 0.29) is 19.1 Å². The Kier molecular flexibility index (Phi) is 4.79. The number of aliphatic carboxylic acids is 1. The molecule has 0 unspecified atom stereocenters. The van der Waals surface area contributed by atoms with Gasteiger partial charge in [-0.1, -0.05) is 12.8 Å². The number of nitrogens with one attached hydrogen (secondary N) is 1. The van der Waals surface area contributed by atoms with Gasteiger partial charge in [-0.3, -0.25) is 4.79 Å². The minimum Gasteiger partial charge on any atom is -0.481 e. The maximum absolute atomic E-state index is 12.2. The molecule has 1 aliphatic carbocycles. The number of carbonyl (C=O) groups is 2. The number of hydrogen-bond donors (Lipinski definition) is 3. The predicted molar refractivity (Wildman–Crippen MR) is 70.9 cm³/mol. The quantitative estimate of drug-likeness (QED) is 0.701. The molecule has 2 amide bonds. The van der Waals surface area contributed by atoms with Crippen molar-refractivity contribution in [3.05, 3.63) is 0 Å². The molecule has 0 atom stereocenters. The summed E-state index contributed by atoms with van der Waals surface area (Å²) in [4.78, 5) is 24.6. The number of hydrogen-bond acceptors (Lipinski definition) is 3. The highest BCUT2D eigenvalue weighted by molar-refractivity contribution is 5.77. The fourth-order valence-electron chi connectivity index (χ4n) is 2.38. The van der Waals surface area contributed by atoms with Gasteiger partial charge in [-0.2, -0.15) is 0 Å². The number of carbonyl (C=O) groups excluding carboxylic acids is 1. The zero-order valence-electron chi connectivity index (χ0n) is 11.9. The topological polar surface area (TPSA) is 89.9 Å². The van der Waals surface area contributed by atoms with E-state index in [2.05, 4.69) is 5.32 Å². The van der Waals surface area contributed by atoms with E-state index in [4.69, 9.17) is 5.11 Å². The minimum atomic E-state index is -0.897. The van der Waals surface area contributed by atoms with Crippen molar-refractivity contribution in [3.8, 4) is 0 Å². The van der Waals surface area contributed by atoms with Crippen molar-refractivity contribution in [2.45, 2.75) is 57.0 Å². The van der Waals surface area contributed by atoms with Gasteiger partial charge in [-0.25, -0.2) is 4.79 Å². The Bertz CT molecular complexity index is 349. The van der Waals surface area contributed by atoms with Crippen LogP contribution in [0.4, 0.5) is 4.79 Å². The standard InChI is InChI=1S/C13H24N2O4/c1-12(2,9-16)15(3)11(19)14-13(8-10(17)18)6-4-5-7-13/h16H,4-9H2,1-3H3,(H,14,19)(H,17,18). The largest absolute Gasteiger partial charge is 0.481 e. The first-order valence-corrected chi connectivity index (χ1v) is 6.61. The number of carboxylic acid groups (broad SMARTS) is 1. The molecule has 0 bridgehead atoms. The Labute approximate surface area is 113 Å². The third kappa shape index (κ3) is 3.83. The van der Waals surface area contributed by atoms with Gasteiger partial charge in [0.05, 0.1) is 24.1 Å². The Morgan fingerprint density at radius 3 is 2.26 bits per heavy atom. The first-order valence-electron chi connectivity index (χ1n) is 6.61. The van der Waals surface area contributed by atoms with E-state index in [1.807, 2.05) is 0 Å². The lowest BCUT2D eigenvalue weighted by Gasteiger charge is -2.37. The van der Waals surface area contributed by atoms with Crippen molar-refractivity contribution in [1.29, 1.82) is 0 Å². The number of likely N-dealkylation sites (N-methyl/N-ethyl adjacent to an activating group) is 1. The molecule has 6 heteroatoms. The molecular formula is C13H24N2O4. The molecule has 0 aromatic heterocycles. The Balaban J connectivity index is 2.75. The summed E-state index contributed by atoms with van der Waals surface area (Å²) in [5.41, 5.74) is -1.31. The van der Waals surface area contributed by atoms with Crippen LogP contribution in [0.1, 0.15) is 46.0 Å². The van der Waals surface area contributed by atoms with Crippen molar-refractivity contribution < 1.29 is 19.8 Å². The van der Waals surface area contributed by atoms with Gasteiger partial charge in [0.25, 0.3) is 0 Å². The van der Waals surface area contributed by atoms with Crippen LogP contribution in [-0.4, -0.2) is 51.8 Å². The Hall–Kier alpha value is -1.30. The molecule has 110 valence electrons. The summed E-state index contributed by atoms with van der Waals surface area (Å²) in [7, 11) is 1.61. The van der Waals surface area contributed by atoms with E-state index in [1.54, 1.807) is 20.9 Å². The molecule has 1 aliphatic rings. The van der Waals surface area contributed by atoms with Crippen LogP contribution in [0.25, 0.3) is 0 Å². The van der Waals surface area contributed by atoms with E-state index in [0.29, 0.717) is 12.8 Å². The van der Waals surface area contributed by atoms with Gasteiger partial charge < -0.3 is 20.4 Å². The minimum absolute atomic E-state index is 0.0495. The second kappa shape index (κ2) is 5.77. The third-order valence-electron chi connectivity index (χ3n) is 4.02. The van der Waals surface area contributed by atoms with E-state index in [0.717, 1.165) is 12.8 Å². The van der Waals surface area contributed by atoms with Crippen molar-refractivity contribution in [2.75, 3.05) is 13.7 Å². The maximum Gasteiger partial charge on any atom is 0.318 e. The van der Waals surface area contributed by atoms with Crippen LogP contribution >= 0.6 is 0 Å². The van der Waals surface area contributed by atoms with Crippen LogP contribution in [0.3, 0.4) is 0 Å². The fourth-order valence-corrected chi connectivity index (χ4v) is 2.38. The number of aliphatic hydroxyl groups excluding tert-OH is 1. The van der Waals surface area contributed by atoms with E-state index in [9.17, 15) is 14.7 Å². The molecule has 0 saturated heterocycles. The summed E-state index contributed by atoms with van der Waals surface area (Å²) in [6, 6.07) is -0.331. The van der Waals surface area contributed by atoms with Crippen LogP contribution < -0.4 is 5.32 Å². The second-order valence-corrected chi connectivity index (χ2v) is 6.02. The smallest absolute Gasteiger partial charge is 0.318 e. The number of nitrogens with zero attached hydrogens (tertiary/aromatic N) is 1. The zero-order valence-corrected chi connectivity index (χ0v) is 11.9. The molecule has 0 aliphatic heterocycles. The molecule has 0 aromatic rings. The summed E-state index contributed by atoms with van der Waals surface area (Å²) in [5, 5.41) is 21.1. The molecule has 3 N–H and O–H groups in total. The Morgan fingerprint density at radius 1 is 1.32 bits per heavy atom. The highest BCUT2D eigenvalue weighted by atomic mass is 16.4. The van der Waals surface area contributed by atoms with Crippen LogP contribution in [-0.2, 0) is 4.79 Å². The van der Waals surface area contributed by atoms with Gasteiger partial charge in [0, 0.05) is 7.05 Å². The molecule has 19 heavy (non-hydrogen) atoms. The molecule has 1 saturated carbocycles. The predicted octanol–water partition coefficient (Wildman–Crippen LogP) is 1.19. The summed E-state index contributed by atoms with van der Waals surface area (Å²) < 4.78 is 0. The fraction of sp³-hybridized carbons (Fsp3) is 0.846. The van der Waals surface area contributed by atoms with Gasteiger partial charge >= 0.3 is 12.0 Å². The molecule has 0 heterocycles. The molecule has 1 rings (SSSR count). The lowest BCUT2D eigenvalue weighted by molar-refractivity contribution is -0.138. The number of amides is 2. The van der Waals surface area contributed by atoms with Crippen molar-refractivity contribution >= 4 is 12.0 Å². The van der Waals surface area contributed by atoms with E-state index < -0.39 is 17.0 Å². The van der Waals surface area contributed by atoms with Gasteiger partial charge in [0.1, 0.15) is 0 Å². The highest BCUT2D eigenvalue weighted by Gasteiger charge is 2.39. The zero-order chi connectivity index (χ0) is 14.7. The monoisotopic (exact) mass is 272 g/mol. The lowest BCUT2D eigenvalue weighted by atomic mass is 9.93. The van der Waals surface area contributed by atoms with Crippen molar-refractivity contribution in [3.63, 3.8) is 0 Å². The second-order valence-electron chi connectivity index (χ2n) is 6.02. The molecule has 0 spiro atoms. The van der Waals surface area contributed by atoms with E-state index >= 15 is 0 Å². The number of carboxylic acids is 1. The summed E-state index contributed by atoms with van der Waals surface area (Å²) in [6.07, 6.45) is 3.20. The lowest BCUT2D eigenvalue weighted by Crippen LogP contribution is -2.57. The van der Waals surface area contributed by atoms with Gasteiger partial charge in [0.2, 0.25) is 0 Å². The SMILES string of the molecule is CN(C(=O)NC1(CC(=O)O)CCCC1)C(C)(C)CO. The normalized spacial score (nSPS) is 18.1. The van der Waals surface area contributed by atoms with Gasteiger partial charge in [-0.05, 0) is 26.7 Å². The molecule has 0 radical (unpaired) electrons. The number of rotatable bonds is 5. The summed E-state index contributed by atoms with van der Waals surface area (Å²) >= 11 is 0. The van der Waals surface area contributed by atoms with Gasteiger partial charge in [-0.15, -0.1) is 0 Å². The maximum atomic E-state index is 12.2. The summed E-state index contributed by atoms with van der Waals surface area (Å²) in [5.74, 6) is -0.897. The Morgan fingerprint density at radius 2 is 1.84 bits per heavy atom. The van der Waals surface area contributed by atoms with Crippen molar-refractivity contribution in [2.24, 2.45) is 0 Å². The van der Waals surface area contributed by atoms with Crippen LogP contribution in [0, 0.1) is 0 Å². The van der Waals surface area contributed by atoms with Crippen LogP contribution in [0.5, 0.6) is 0 Å². The summed E-state index contributed by atoms with van der Waals surface area (Å²) in [6.45, 7) is 3.36. The van der Waals surface area contributed by atoms with Crippen LogP contribution in [0.15, 0.2) is 0 Å². The molecule has 1 fully saturated rings. The average molecular weight is 272 g/mol. The first-order chi connectivity index (χ1) is 8.72. The average Bonchev–Trinajstić information content (AvgIpc) is 2.75. The highest BCUT2D eigenvalue weighted by Crippen LogP contribution is 2.33. The third-order valence-corrected chi connectivity index (χ3v) is 4.02. The molecular weight excluding hydrogens is 248 g/mol. The molecule has 6 nitrogen and oxygen atoms in total. The van der Waals surface area contributed by atoms with Gasteiger partial charge in [0.15, 0.2) is 0 Å². The van der Waals surface area contributed by atoms with E-state index in [1.165, 1.54) is 4.90 Å².